The highest BCUT2D eigenvalue weighted by atomic mass is 32.2. The Morgan fingerprint density at radius 3 is 1.93 bits per heavy atom. The number of nitrogens with zero attached hydrogens (tertiary/aromatic N) is 1. The van der Waals surface area contributed by atoms with Crippen LogP contribution in [0.3, 0.4) is 0 Å². The van der Waals surface area contributed by atoms with Gasteiger partial charge in [-0.3, -0.25) is 4.84 Å². The molecular weight excluding hydrogens is 214 g/mol. The van der Waals surface area contributed by atoms with Crippen LogP contribution in [0, 0.1) is 13.8 Å². The Morgan fingerprint density at radius 2 is 1.60 bits per heavy atom. The largest absolute Gasteiger partial charge is 0.262 e. The van der Waals surface area contributed by atoms with Crippen LogP contribution in [0.15, 0.2) is 18.2 Å². The Labute approximate surface area is 90.5 Å². The minimum Gasteiger partial charge on any atom is -0.262 e. The SMILES string of the molecule is CON(c1cc(C)cc(C)c1)S(C)(=O)=O. The summed E-state index contributed by atoms with van der Waals surface area (Å²) in [7, 11) is -2.06. The van der Waals surface area contributed by atoms with Gasteiger partial charge in [-0.05, 0) is 37.1 Å². The van der Waals surface area contributed by atoms with Crippen molar-refractivity contribution in [1.82, 2.24) is 0 Å². The van der Waals surface area contributed by atoms with Crippen molar-refractivity contribution in [3.8, 4) is 0 Å². The molecule has 1 rings (SSSR count). The van der Waals surface area contributed by atoms with Gasteiger partial charge in [-0.1, -0.05) is 6.07 Å². The molecule has 0 amide bonds. The van der Waals surface area contributed by atoms with Gasteiger partial charge in [0.2, 0.25) is 0 Å². The van der Waals surface area contributed by atoms with Crippen molar-refractivity contribution >= 4 is 15.7 Å². The fourth-order valence-electron chi connectivity index (χ4n) is 1.49. The van der Waals surface area contributed by atoms with E-state index in [9.17, 15) is 8.42 Å². The Hall–Kier alpha value is -1.07. The van der Waals surface area contributed by atoms with Gasteiger partial charge in [0, 0.05) is 0 Å². The summed E-state index contributed by atoms with van der Waals surface area (Å²) in [6.45, 7) is 3.82. The molecule has 0 bridgehead atoms. The summed E-state index contributed by atoms with van der Waals surface area (Å²) in [5.74, 6) is 0. The lowest BCUT2D eigenvalue weighted by Gasteiger charge is -2.19. The van der Waals surface area contributed by atoms with Crippen molar-refractivity contribution in [2.24, 2.45) is 0 Å². The third kappa shape index (κ3) is 2.94. The molecule has 4 nitrogen and oxygen atoms in total. The standard InChI is InChI=1S/C10H15NO3S/c1-8-5-9(2)7-10(6-8)11(14-3)15(4,12)13/h5-7H,1-4H3. The number of sulfonamides is 1. The molecule has 0 atom stereocenters. The predicted octanol–water partition coefficient (Wildman–Crippen LogP) is 1.63. The molecule has 1 aromatic rings. The zero-order valence-corrected chi connectivity index (χ0v) is 10.1. The minimum atomic E-state index is -3.39. The van der Waals surface area contributed by atoms with Gasteiger partial charge in [0.1, 0.15) is 0 Å². The van der Waals surface area contributed by atoms with Gasteiger partial charge in [0.15, 0.2) is 0 Å². The minimum absolute atomic E-state index is 0.525. The monoisotopic (exact) mass is 229 g/mol. The van der Waals surface area contributed by atoms with E-state index in [-0.39, 0.29) is 0 Å². The Balaban J connectivity index is 3.25. The number of rotatable bonds is 3. The maximum Gasteiger partial charge on any atom is 0.254 e. The van der Waals surface area contributed by atoms with E-state index in [0.29, 0.717) is 5.69 Å². The lowest BCUT2D eigenvalue weighted by atomic mass is 10.1. The second-order valence-electron chi connectivity index (χ2n) is 3.52. The average Bonchev–Trinajstić information content (AvgIpc) is 1.99. The van der Waals surface area contributed by atoms with Gasteiger partial charge in [-0.25, -0.2) is 8.42 Å². The summed E-state index contributed by atoms with van der Waals surface area (Å²) in [6.07, 6.45) is 1.11. The first kappa shape index (κ1) is 12.0. The van der Waals surface area contributed by atoms with Crippen LogP contribution in [0.1, 0.15) is 11.1 Å². The van der Waals surface area contributed by atoms with Crippen molar-refractivity contribution in [3.63, 3.8) is 0 Å². The number of hydrogen-bond donors (Lipinski definition) is 0. The van der Waals surface area contributed by atoms with E-state index < -0.39 is 10.0 Å². The molecule has 15 heavy (non-hydrogen) atoms. The zero-order chi connectivity index (χ0) is 11.6. The molecule has 0 N–H and O–H groups in total. The van der Waals surface area contributed by atoms with Crippen LogP contribution in [0.5, 0.6) is 0 Å². The number of aryl methyl sites for hydroxylation is 2. The maximum atomic E-state index is 11.4. The van der Waals surface area contributed by atoms with E-state index >= 15 is 0 Å². The molecule has 0 fully saturated rings. The molecule has 0 heterocycles. The summed E-state index contributed by atoms with van der Waals surface area (Å²) < 4.78 is 23.7. The highest BCUT2D eigenvalue weighted by Gasteiger charge is 2.17. The van der Waals surface area contributed by atoms with E-state index in [1.54, 1.807) is 12.1 Å². The summed E-state index contributed by atoms with van der Waals surface area (Å²) in [4.78, 5) is 4.86. The molecule has 1 aromatic carbocycles. The van der Waals surface area contributed by atoms with Crippen LogP contribution < -0.4 is 4.47 Å². The second kappa shape index (κ2) is 4.20. The first-order valence-electron chi connectivity index (χ1n) is 4.47. The number of hydrogen-bond acceptors (Lipinski definition) is 3. The molecule has 0 aliphatic carbocycles. The van der Waals surface area contributed by atoms with Crippen LogP contribution in [0.4, 0.5) is 5.69 Å². The van der Waals surface area contributed by atoms with Crippen LogP contribution in [0.2, 0.25) is 0 Å². The van der Waals surface area contributed by atoms with E-state index in [1.807, 2.05) is 19.9 Å². The fraction of sp³-hybridized carbons (Fsp3) is 0.400. The molecule has 0 radical (unpaired) electrons. The zero-order valence-electron chi connectivity index (χ0n) is 9.31. The van der Waals surface area contributed by atoms with Gasteiger partial charge in [-0.15, -0.1) is 4.47 Å². The molecule has 0 spiro atoms. The quantitative estimate of drug-likeness (QED) is 0.740. The average molecular weight is 229 g/mol. The van der Waals surface area contributed by atoms with E-state index in [0.717, 1.165) is 21.9 Å². The smallest absolute Gasteiger partial charge is 0.254 e. The highest BCUT2D eigenvalue weighted by Crippen LogP contribution is 2.20. The van der Waals surface area contributed by atoms with Gasteiger partial charge in [0.05, 0.1) is 19.1 Å². The van der Waals surface area contributed by atoms with E-state index in [4.69, 9.17) is 4.84 Å². The molecule has 0 aromatic heterocycles. The molecule has 0 saturated heterocycles. The predicted molar refractivity (Wildman–Crippen MR) is 60.2 cm³/mol. The second-order valence-corrected chi connectivity index (χ2v) is 5.32. The van der Waals surface area contributed by atoms with Gasteiger partial charge < -0.3 is 0 Å². The number of benzene rings is 1. The molecular formula is C10H15NO3S. The molecule has 0 unspecified atom stereocenters. The van der Waals surface area contributed by atoms with E-state index in [2.05, 4.69) is 0 Å². The van der Waals surface area contributed by atoms with Crippen LogP contribution in [-0.2, 0) is 14.9 Å². The maximum absolute atomic E-state index is 11.4. The summed E-state index contributed by atoms with van der Waals surface area (Å²) >= 11 is 0. The van der Waals surface area contributed by atoms with Crippen molar-refractivity contribution in [3.05, 3.63) is 29.3 Å². The van der Waals surface area contributed by atoms with E-state index in [1.165, 1.54) is 7.11 Å². The molecule has 0 saturated carbocycles. The Bertz CT molecular complexity index is 433. The van der Waals surface area contributed by atoms with Crippen molar-refractivity contribution < 1.29 is 13.3 Å². The first-order chi connectivity index (χ1) is 6.84. The van der Waals surface area contributed by atoms with Gasteiger partial charge >= 0.3 is 0 Å². The highest BCUT2D eigenvalue weighted by molar-refractivity contribution is 7.91. The lowest BCUT2D eigenvalue weighted by molar-refractivity contribution is 0.216. The Kier molecular flexibility index (Phi) is 3.36. The van der Waals surface area contributed by atoms with Crippen LogP contribution >= 0.6 is 0 Å². The molecule has 0 aliphatic heterocycles. The molecule has 0 aliphatic rings. The van der Waals surface area contributed by atoms with Crippen molar-refractivity contribution in [2.75, 3.05) is 17.8 Å². The van der Waals surface area contributed by atoms with Crippen molar-refractivity contribution in [1.29, 1.82) is 0 Å². The summed E-state index contributed by atoms with van der Waals surface area (Å²) in [5.41, 5.74) is 2.52. The third-order valence-electron chi connectivity index (χ3n) is 1.88. The van der Waals surface area contributed by atoms with Crippen LogP contribution in [-0.4, -0.2) is 21.8 Å². The van der Waals surface area contributed by atoms with Gasteiger partial charge in [-0.2, -0.15) is 0 Å². The number of anilines is 1. The Morgan fingerprint density at radius 1 is 1.13 bits per heavy atom. The molecule has 84 valence electrons. The third-order valence-corrected chi connectivity index (χ3v) is 2.85. The normalized spacial score (nSPS) is 11.5. The fourth-order valence-corrected chi connectivity index (χ4v) is 2.25. The molecule has 5 heteroatoms. The van der Waals surface area contributed by atoms with Crippen LogP contribution in [0.25, 0.3) is 0 Å². The summed E-state index contributed by atoms with van der Waals surface area (Å²) in [5, 5.41) is 0. The first-order valence-corrected chi connectivity index (χ1v) is 6.32. The lowest BCUT2D eigenvalue weighted by Crippen LogP contribution is -2.28. The topological polar surface area (TPSA) is 46.6 Å². The van der Waals surface area contributed by atoms with Gasteiger partial charge in [0.25, 0.3) is 10.0 Å². The van der Waals surface area contributed by atoms with Crippen molar-refractivity contribution in [2.45, 2.75) is 13.8 Å². The summed E-state index contributed by atoms with van der Waals surface area (Å²) in [6, 6.07) is 5.49.